The van der Waals surface area contributed by atoms with Gasteiger partial charge < -0.3 is 9.84 Å². The SMILES string of the molecule is COc1cc([C@H]2C3=CC[C@@H]4C(=O)N(Cc5cccs5)C(=O)[C@@H]4[C@@H]3CC3=C2C(=O)C=C(Br)C3=O)ccc1O. The molecule has 188 valence electrons. The maximum Gasteiger partial charge on any atom is 0.234 e. The number of ketones is 2. The number of hydrogen-bond acceptors (Lipinski definition) is 7. The van der Waals surface area contributed by atoms with Gasteiger partial charge in [0.25, 0.3) is 0 Å². The first-order valence-electron chi connectivity index (χ1n) is 11.9. The van der Waals surface area contributed by atoms with Crippen LogP contribution in [-0.4, -0.2) is 40.5 Å². The zero-order chi connectivity index (χ0) is 26.0. The van der Waals surface area contributed by atoms with Crippen LogP contribution in [0.15, 0.2) is 69.1 Å². The van der Waals surface area contributed by atoms with Gasteiger partial charge in [-0.1, -0.05) is 23.8 Å². The van der Waals surface area contributed by atoms with E-state index < -0.39 is 23.7 Å². The minimum Gasteiger partial charge on any atom is -0.504 e. The molecule has 9 heteroatoms. The highest BCUT2D eigenvalue weighted by atomic mass is 79.9. The Morgan fingerprint density at radius 2 is 1.95 bits per heavy atom. The molecule has 1 fully saturated rings. The van der Waals surface area contributed by atoms with E-state index in [1.54, 1.807) is 12.1 Å². The smallest absolute Gasteiger partial charge is 0.234 e. The van der Waals surface area contributed by atoms with Crippen LogP contribution in [0.3, 0.4) is 0 Å². The Kier molecular flexibility index (Phi) is 5.80. The molecule has 3 aliphatic carbocycles. The quantitative estimate of drug-likeness (QED) is 0.327. The molecule has 0 spiro atoms. The molecule has 4 aliphatic rings. The number of imide groups is 1. The third-order valence-corrected chi connectivity index (χ3v) is 9.30. The molecule has 2 heterocycles. The van der Waals surface area contributed by atoms with E-state index in [9.17, 15) is 24.3 Å². The molecule has 0 radical (unpaired) electrons. The van der Waals surface area contributed by atoms with Crippen LogP contribution < -0.4 is 4.74 Å². The van der Waals surface area contributed by atoms with Crippen molar-refractivity contribution < 1.29 is 29.0 Å². The Morgan fingerprint density at radius 3 is 2.68 bits per heavy atom. The van der Waals surface area contributed by atoms with Crippen molar-refractivity contribution in [3.05, 3.63) is 79.5 Å². The molecule has 7 nitrogen and oxygen atoms in total. The molecule has 1 aliphatic heterocycles. The Balaban J connectivity index is 1.47. The van der Waals surface area contributed by atoms with E-state index in [1.165, 1.54) is 35.5 Å². The molecule has 0 bridgehead atoms. The number of likely N-dealkylation sites (tertiary alicyclic amines) is 1. The lowest BCUT2D eigenvalue weighted by Gasteiger charge is -2.42. The van der Waals surface area contributed by atoms with Gasteiger partial charge in [-0.05, 0) is 63.8 Å². The maximum absolute atomic E-state index is 13.7. The van der Waals surface area contributed by atoms with Gasteiger partial charge in [0, 0.05) is 28.0 Å². The van der Waals surface area contributed by atoms with Gasteiger partial charge in [-0.25, -0.2) is 0 Å². The number of nitrogens with zero attached hydrogens (tertiary/aromatic N) is 1. The second kappa shape index (κ2) is 8.92. The highest BCUT2D eigenvalue weighted by molar-refractivity contribution is 9.12. The van der Waals surface area contributed by atoms with Crippen LogP contribution in [0.25, 0.3) is 0 Å². The lowest BCUT2D eigenvalue weighted by molar-refractivity contribution is -0.140. The van der Waals surface area contributed by atoms with Crippen LogP contribution in [0.1, 0.15) is 29.2 Å². The summed E-state index contributed by atoms with van der Waals surface area (Å²) in [6.07, 6.45) is 3.88. The van der Waals surface area contributed by atoms with Gasteiger partial charge in [-0.2, -0.15) is 0 Å². The van der Waals surface area contributed by atoms with Gasteiger partial charge in [0.1, 0.15) is 0 Å². The fourth-order valence-electron chi connectivity index (χ4n) is 6.24. The number of benzene rings is 1. The molecule has 2 aromatic rings. The largest absolute Gasteiger partial charge is 0.504 e. The average molecular weight is 580 g/mol. The summed E-state index contributed by atoms with van der Waals surface area (Å²) >= 11 is 4.73. The molecular formula is C28H22BrNO6S. The standard InChI is InChI=1S/C28H22BrNO6S/c1-36-22-9-13(4-7-20(22)31)23-15-5-6-16-24(28(35)30(27(16)34)12-14-3-2-8-37-14)17(15)10-18-25(23)21(32)11-19(29)26(18)33/h2-5,7-9,11,16-17,23-24,31H,6,10,12H2,1H3/t16-,17+,23-,24-/m0/s1. The Labute approximate surface area is 225 Å². The Morgan fingerprint density at radius 1 is 1.14 bits per heavy atom. The van der Waals surface area contributed by atoms with Crippen LogP contribution in [0.2, 0.25) is 0 Å². The number of aromatic hydroxyl groups is 1. The van der Waals surface area contributed by atoms with E-state index in [1.807, 2.05) is 23.6 Å². The summed E-state index contributed by atoms with van der Waals surface area (Å²) in [5, 5.41) is 12.1. The van der Waals surface area contributed by atoms with Gasteiger partial charge in [0.2, 0.25) is 11.8 Å². The van der Waals surface area contributed by atoms with Crippen LogP contribution in [0, 0.1) is 17.8 Å². The van der Waals surface area contributed by atoms with E-state index >= 15 is 0 Å². The first-order valence-corrected chi connectivity index (χ1v) is 13.6. The molecule has 1 saturated heterocycles. The van der Waals surface area contributed by atoms with E-state index in [2.05, 4.69) is 15.9 Å². The molecule has 4 atom stereocenters. The number of Topliss-reactive ketones (excluding diaryl/α,β-unsaturated/α-hetero) is 1. The van der Waals surface area contributed by atoms with Crippen molar-refractivity contribution in [1.29, 1.82) is 0 Å². The van der Waals surface area contributed by atoms with Crippen molar-refractivity contribution in [2.24, 2.45) is 17.8 Å². The molecular weight excluding hydrogens is 558 g/mol. The summed E-state index contributed by atoms with van der Waals surface area (Å²) in [6, 6.07) is 8.66. The summed E-state index contributed by atoms with van der Waals surface area (Å²) in [7, 11) is 1.44. The number of carbonyl (C=O) groups is 4. The first-order chi connectivity index (χ1) is 17.8. The normalized spacial score (nSPS) is 27.0. The number of rotatable bonds is 4. The van der Waals surface area contributed by atoms with Crippen LogP contribution in [0.5, 0.6) is 11.5 Å². The summed E-state index contributed by atoms with van der Waals surface area (Å²) in [5.41, 5.74) is 2.29. The summed E-state index contributed by atoms with van der Waals surface area (Å²) in [6.45, 7) is 0.239. The van der Waals surface area contributed by atoms with E-state index in [4.69, 9.17) is 4.74 Å². The van der Waals surface area contributed by atoms with Crippen molar-refractivity contribution in [3.8, 4) is 11.5 Å². The zero-order valence-corrected chi connectivity index (χ0v) is 22.2. The second-order valence-electron chi connectivity index (χ2n) is 9.67. The third-order valence-electron chi connectivity index (χ3n) is 7.85. The van der Waals surface area contributed by atoms with Crippen molar-refractivity contribution in [3.63, 3.8) is 0 Å². The molecule has 1 aromatic carbocycles. The number of hydrogen-bond donors (Lipinski definition) is 1. The number of amides is 2. The molecule has 1 aromatic heterocycles. The summed E-state index contributed by atoms with van der Waals surface area (Å²) in [5.74, 6) is -2.84. The van der Waals surface area contributed by atoms with Gasteiger partial charge in [0.15, 0.2) is 23.1 Å². The number of methoxy groups -OCH3 is 1. The number of halogens is 1. The fourth-order valence-corrected chi connectivity index (χ4v) is 7.38. The average Bonchev–Trinajstić information content (AvgIpc) is 3.49. The number of thiophene rings is 1. The van der Waals surface area contributed by atoms with Gasteiger partial charge >= 0.3 is 0 Å². The minimum absolute atomic E-state index is 0.0417. The minimum atomic E-state index is -0.601. The molecule has 1 N–H and O–H groups in total. The van der Waals surface area contributed by atoms with Crippen molar-refractivity contribution in [2.75, 3.05) is 7.11 Å². The Bertz CT molecular complexity index is 1470. The van der Waals surface area contributed by atoms with E-state index in [0.29, 0.717) is 23.1 Å². The second-order valence-corrected chi connectivity index (χ2v) is 11.6. The number of fused-ring (bicyclic) bond motifs is 3. The highest BCUT2D eigenvalue weighted by Gasteiger charge is 2.56. The summed E-state index contributed by atoms with van der Waals surface area (Å²) < 4.78 is 5.50. The first kappa shape index (κ1) is 24.1. The molecule has 6 rings (SSSR count). The third kappa shape index (κ3) is 3.67. The number of ether oxygens (including phenoxy) is 1. The van der Waals surface area contributed by atoms with Crippen LogP contribution >= 0.6 is 27.3 Å². The number of phenolic OH excluding ortho intramolecular Hbond substituents is 1. The van der Waals surface area contributed by atoms with E-state index in [0.717, 1.165) is 10.5 Å². The zero-order valence-electron chi connectivity index (χ0n) is 19.8. The predicted molar refractivity (Wildman–Crippen MR) is 139 cm³/mol. The van der Waals surface area contributed by atoms with Gasteiger partial charge in [-0.15, -0.1) is 11.3 Å². The molecule has 37 heavy (non-hydrogen) atoms. The number of allylic oxidation sites excluding steroid dienone is 6. The predicted octanol–water partition coefficient (Wildman–Crippen LogP) is 4.42. The maximum atomic E-state index is 13.7. The highest BCUT2D eigenvalue weighted by Crippen LogP contribution is 2.55. The van der Waals surface area contributed by atoms with Gasteiger partial charge in [0.05, 0.1) is 30.0 Å². The Hall–Kier alpha value is -3.30. The molecule has 0 unspecified atom stereocenters. The lowest BCUT2D eigenvalue weighted by atomic mass is 9.59. The molecule has 2 amide bonds. The van der Waals surface area contributed by atoms with Crippen molar-refractivity contribution in [1.82, 2.24) is 4.90 Å². The number of carbonyl (C=O) groups excluding carboxylic acids is 4. The van der Waals surface area contributed by atoms with Crippen LogP contribution in [0.4, 0.5) is 0 Å². The summed E-state index contributed by atoms with van der Waals surface area (Å²) in [4.78, 5) is 55.9. The van der Waals surface area contributed by atoms with Crippen molar-refractivity contribution in [2.45, 2.75) is 25.3 Å². The van der Waals surface area contributed by atoms with Crippen molar-refractivity contribution >= 4 is 50.6 Å². The number of phenols is 1. The van der Waals surface area contributed by atoms with Crippen LogP contribution in [-0.2, 0) is 25.7 Å². The lowest BCUT2D eigenvalue weighted by Crippen LogP contribution is -2.39. The topological polar surface area (TPSA) is 101 Å². The van der Waals surface area contributed by atoms with Gasteiger partial charge in [-0.3, -0.25) is 24.1 Å². The monoisotopic (exact) mass is 579 g/mol. The van der Waals surface area contributed by atoms with E-state index in [-0.39, 0.29) is 52.3 Å². The fraction of sp³-hybridized carbons (Fsp3) is 0.286. The molecule has 0 saturated carbocycles.